The minimum absolute atomic E-state index is 0.179. The Bertz CT molecular complexity index is 948. The van der Waals surface area contributed by atoms with Crippen LogP contribution in [0.5, 0.6) is 0 Å². The SMILES string of the molecule is c1csc(C(c2cccs2)c2cccnc2C(c2cccs2)c2cccs2)c1. The minimum Gasteiger partial charge on any atom is -0.260 e. The molecule has 0 N–H and O–H groups in total. The number of hydrogen-bond acceptors (Lipinski definition) is 5. The van der Waals surface area contributed by atoms with E-state index in [1.165, 1.54) is 30.8 Å². The van der Waals surface area contributed by atoms with E-state index in [0.29, 0.717) is 0 Å². The van der Waals surface area contributed by atoms with Crippen LogP contribution in [-0.2, 0) is 0 Å². The molecule has 28 heavy (non-hydrogen) atoms. The molecule has 0 fully saturated rings. The highest BCUT2D eigenvalue weighted by atomic mass is 32.1. The summed E-state index contributed by atoms with van der Waals surface area (Å²) in [6.45, 7) is 0. The van der Waals surface area contributed by atoms with Crippen molar-refractivity contribution in [1.29, 1.82) is 0 Å². The quantitative estimate of drug-likeness (QED) is 0.266. The Morgan fingerprint density at radius 1 is 0.536 bits per heavy atom. The van der Waals surface area contributed by atoms with E-state index in [9.17, 15) is 0 Å². The molecule has 5 heterocycles. The highest BCUT2D eigenvalue weighted by molar-refractivity contribution is 7.12. The second-order valence-corrected chi connectivity index (χ2v) is 10.3. The molecule has 5 aromatic rings. The summed E-state index contributed by atoms with van der Waals surface area (Å²) >= 11 is 7.27. The summed E-state index contributed by atoms with van der Waals surface area (Å²) in [4.78, 5) is 10.4. The third kappa shape index (κ3) is 3.40. The van der Waals surface area contributed by atoms with Crippen molar-refractivity contribution >= 4 is 45.3 Å². The minimum atomic E-state index is 0.179. The van der Waals surface area contributed by atoms with Gasteiger partial charge in [-0.05, 0) is 57.4 Å². The van der Waals surface area contributed by atoms with E-state index in [0.717, 1.165) is 0 Å². The van der Waals surface area contributed by atoms with Gasteiger partial charge in [0.1, 0.15) is 0 Å². The van der Waals surface area contributed by atoms with Crippen molar-refractivity contribution in [2.24, 2.45) is 0 Å². The van der Waals surface area contributed by atoms with Gasteiger partial charge in [-0.3, -0.25) is 4.98 Å². The highest BCUT2D eigenvalue weighted by Crippen LogP contribution is 2.44. The van der Waals surface area contributed by atoms with Crippen LogP contribution in [0.2, 0.25) is 0 Å². The predicted molar refractivity (Wildman–Crippen MR) is 123 cm³/mol. The van der Waals surface area contributed by atoms with E-state index < -0.39 is 0 Å². The maximum Gasteiger partial charge on any atom is 0.0703 e. The van der Waals surface area contributed by atoms with Crippen molar-refractivity contribution in [1.82, 2.24) is 4.98 Å². The van der Waals surface area contributed by atoms with Crippen molar-refractivity contribution in [3.63, 3.8) is 0 Å². The number of nitrogens with zero attached hydrogens (tertiary/aromatic N) is 1. The van der Waals surface area contributed by atoms with Crippen LogP contribution in [0.15, 0.2) is 88.4 Å². The second-order valence-electron chi connectivity index (χ2n) is 6.41. The molecular weight excluding hydrogens is 419 g/mol. The van der Waals surface area contributed by atoms with Crippen LogP contribution < -0.4 is 0 Å². The molecule has 0 aliphatic rings. The van der Waals surface area contributed by atoms with E-state index in [4.69, 9.17) is 4.98 Å². The standard InChI is InChI=1S/C23H17NS4/c1-6-16(21(17-7-2-12-25-17)18-8-3-13-26-18)23(24-11-1)22(19-9-4-14-27-19)20-10-5-15-28-20/h1-15,21-22H. The maximum absolute atomic E-state index is 4.95. The van der Waals surface area contributed by atoms with Gasteiger partial charge in [0, 0.05) is 25.7 Å². The third-order valence-electron chi connectivity index (χ3n) is 4.77. The number of pyridine rings is 1. The fourth-order valence-electron chi connectivity index (χ4n) is 3.59. The van der Waals surface area contributed by atoms with Crippen molar-refractivity contribution < 1.29 is 0 Å². The van der Waals surface area contributed by atoms with Crippen LogP contribution in [-0.4, -0.2) is 4.98 Å². The average Bonchev–Trinajstić information content (AvgIpc) is 3.52. The van der Waals surface area contributed by atoms with Gasteiger partial charge in [-0.1, -0.05) is 30.3 Å². The smallest absolute Gasteiger partial charge is 0.0703 e. The molecule has 0 amide bonds. The van der Waals surface area contributed by atoms with Gasteiger partial charge in [0.25, 0.3) is 0 Å². The van der Waals surface area contributed by atoms with Crippen molar-refractivity contribution in [3.05, 3.63) is 119 Å². The summed E-state index contributed by atoms with van der Waals surface area (Å²) in [5.41, 5.74) is 2.47. The lowest BCUT2D eigenvalue weighted by molar-refractivity contribution is 0.888. The van der Waals surface area contributed by atoms with Crippen LogP contribution >= 0.6 is 45.3 Å². The number of hydrogen-bond donors (Lipinski definition) is 0. The van der Waals surface area contributed by atoms with Crippen molar-refractivity contribution in [3.8, 4) is 0 Å². The molecule has 0 bridgehead atoms. The molecule has 0 radical (unpaired) electrons. The Labute approximate surface area is 180 Å². The number of rotatable bonds is 6. The van der Waals surface area contributed by atoms with Crippen LogP contribution in [0.1, 0.15) is 42.6 Å². The summed E-state index contributed by atoms with van der Waals surface area (Å²) in [5.74, 6) is 0.407. The molecule has 0 spiro atoms. The zero-order chi connectivity index (χ0) is 18.8. The molecule has 5 aromatic heterocycles. The molecule has 0 unspecified atom stereocenters. The van der Waals surface area contributed by atoms with E-state index in [1.54, 1.807) is 0 Å². The van der Waals surface area contributed by atoms with Gasteiger partial charge < -0.3 is 0 Å². The van der Waals surface area contributed by atoms with Crippen LogP contribution in [0.3, 0.4) is 0 Å². The van der Waals surface area contributed by atoms with Gasteiger partial charge in [-0.2, -0.15) is 0 Å². The van der Waals surface area contributed by atoms with Crippen LogP contribution in [0, 0.1) is 0 Å². The van der Waals surface area contributed by atoms with Crippen molar-refractivity contribution in [2.75, 3.05) is 0 Å². The summed E-state index contributed by atoms with van der Waals surface area (Å²) in [7, 11) is 0. The summed E-state index contributed by atoms with van der Waals surface area (Å²) in [6.07, 6.45) is 1.94. The Morgan fingerprint density at radius 3 is 1.43 bits per heavy atom. The molecule has 0 aliphatic carbocycles. The monoisotopic (exact) mass is 435 g/mol. The fraction of sp³-hybridized carbons (Fsp3) is 0.0870. The van der Waals surface area contributed by atoms with E-state index >= 15 is 0 Å². The van der Waals surface area contributed by atoms with Gasteiger partial charge in [0.2, 0.25) is 0 Å². The molecule has 1 nitrogen and oxygen atoms in total. The predicted octanol–water partition coefficient (Wildman–Crippen LogP) is 7.69. The van der Waals surface area contributed by atoms with E-state index in [-0.39, 0.29) is 11.8 Å². The Morgan fingerprint density at radius 2 is 1.00 bits per heavy atom. The first-order valence-electron chi connectivity index (χ1n) is 9.00. The molecule has 0 saturated heterocycles. The van der Waals surface area contributed by atoms with Gasteiger partial charge in [-0.25, -0.2) is 0 Å². The largest absolute Gasteiger partial charge is 0.260 e. The zero-order valence-electron chi connectivity index (χ0n) is 14.9. The molecule has 0 atom stereocenters. The fourth-order valence-corrected chi connectivity index (χ4v) is 7.16. The average molecular weight is 436 g/mol. The molecule has 5 rings (SSSR count). The lowest BCUT2D eigenvalue weighted by Crippen LogP contribution is -2.10. The van der Waals surface area contributed by atoms with E-state index in [2.05, 4.69) is 82.2 Å². The molecule has 0 saturated carbocycles. The van der Waals surface area contributed by atoms with Gasteiger partial charge >= 0.3 is 0 Å². The molecular formula is C23H17NS4. The summed E-state index contributed by atoms with van der Waals surface area (Å²) < 4.78 is 0. The van der Waals surface area contributed by atoms with Gasteiger partial charge in [-0.15, -0.1) is 45.3 Å². The Kier molecular flexibility index (Phi) is 5.23. The van der Waals surface area contributed by atoms with Crippen LogP contribution in [0.25, 0.3) is 0 Å². The molecule has 138 valence electrons. The zero-order valence-corrected chi connectivity index (χ0v) is 18.2. The first-order valence-corrected chi connectivity index (χ1v) is 12.5. The summed E-state index contributed by atoms with van der Waals surface area (Å²) in [5, 5.41) is 8.66. The van der Waals surface area contributed by atoms with Crippen molar-refractivity contribution in [2.45, 2.75) is 11.8 Å². The molecule has 5 heteroatoms. The third-order valence-corrected chi connectivity index (χ3v) is 8.52. The van der Waals surface area contributed by atoms with Gasteiger partial charge in [0.15, 0.2) is 0 Å². The normalized spacial score (nSPS) is 11.5. The first-order chi connectivity index (χ1) is 13.9. The lowest BCUT2D eigenvalue weighted by atomic mass is 9.88. The maximum atomic E-state index is 4.95. The molecule has 0 aliphatic heterocycles. The second kappa shape index (κ2) is 8.13. The van der Waals surface area contributed by atoms with Crippen LogP contribution in [0.4, 0.5) is 0 Å². The number of aromatic nitrogens is 1. The Hall–Kier alpha value is -2.05. The van der Waals surface area contributed by atoms with E-state index in [1.807, 2.05) is 51.5 Å². The first kappa shape index (κ1) is 18.0. The highest BCUT2D eigenvalue weighted by Gasteiger charge is 2.28. The Balaban J connectivity index is 1.72. The summed E-state index contributed by atoms with van der Waals surface area (Å²) in [6, 6.07) is 21.9. The van der Waals surface area contributed by atoms with Gasteiger partial charge in [0.05, 0.1) is 17.5 Å². The number of thiophene rings is 4. The lowest BCUT2D eigenvalue weighted by Gasteiger charge is -2.22. The topological polar surface area (TPSA) is 12.9 Å². The molecule has 0 aromatic carbocycles.